The minimum Gasteiger partial charge on any atom is -0.484 e. The monoisotopic (exact) mass is 573 g/mol. The minimum atomic E-state index is -1.02. The predicted octanol–water partition coefficient (Wildman–Crippen LogP) is 3.47. The van der Waals surface area contributed by atoms with Crippen molar-refractivity contribution in [3.63, 3.8) is 0 Å². The van der Waals surface area contributed by atoms with E-state index in [1.807, 2.05) is 24.6 Å². The zero-order valence-electron chi connectivity index (χ0n) is 23.1. The van der Waals surface area contributed by atoms with E-state index in [0.29, 0.717) is 23.3 Å². The Morgan fingerprint density at radius 2 is 1.90 bits per heavy atom. The molecule has 0 radical (unpaired) electrons. The highest BCUT2D eigenvalue weighted by Gasteiger charge is 2.29. The molecule has 3 heterocycles. The first-order chi connectivity index (χ1) is 20.2. The molecule has 2 aliphatic heterocycles. The molecule has 1 N–H and O–H groups in total. The molecule has 0 fully saturated rings. The predicted molar refractivity (Wildman–Crippen MR) is 154 cm³/mol. The number of hydrogen-bond donors (Lipinski definition) is 1. The number of halogens is 2. The molecular formula is C31H29F2N5O4. The number of benzene rings is 2. The summed E-state index contributed by atoms with van der Waals surface area (Å²) in [6.07, 6.45) is 7.71. The average molecular weight is 574 g/mol. The highest BCUT2D eigenvalue weighted by Crippen LogP contribution is 2.36. The van der Waals surface area contributed by atoms with Crippen LogP contribution in [0, 0.1) is 11.6 Å². The van der Waals surface area contributed by atoms with Gasteiger partial charge in [0, 0.05) is 51.6 Å². The van der Waals surface area contributed by atoms with Gasteiger partial charge in [-0.3, -0.25) is 24.4 Å². The number of carbonyl (C=O) groups is 2. The Morgan fingerprint density at radius 1 is 1.07 bits per heavy atom. The fourth-order valence-electron chi connectivity index (χ4n) is 4.76. The van der Waals surface area contributed by atoms with Crippen LogP contribution >= 0.6 is 0 Å². The summed E-state index contributed by atoms with van der Waals surface area (Å²) in [5.41, 5.74) is 2.33. The zero-order chi connectivity index (χ0) is 29.8. The fourth-order valence-corrected chi connectivity index (χ4v) is 4.76. The van der Waals surface area contributed by atoms with Crippen LogP contribution in [0.5, 0.6) is 5.75 Å². The number of nitrogens with zero attached hydrogens (tertiary/aromatic N) is 4. The molecule has 0 aliphatic carbocycles. The number of pyridine rings is 1. The highest BCUT2D eigenvalue weighted by atomic mass is 19.2. The molecule has 11 heteroatoms. The van der Waals surface area contributed by atoms with Crippen LogP contribution in [0.4, 0.5) is 8.78 Å². The summed E-state index contributed by atoms with van der Waals surface area (Å²) in [6.45, 7) is -0.111. The van der Waals surface area contributed by atoms with Gasteiger partial charge in [0.05, 0.1) is 6.54 Å². The van der Waals surface area contributed by atoms with E-state index in [0.717, 1.165) is 23.3 Å². The third-order valence-electron chi connectivity index (χ3n) is 7.00. The van der Waals surface area contributed by atoms with Gasteiger partial charge in [-0.15, -0.1) is 0 Å². The van der Waals surface area contributed by atoms with Crippen LogP contribution in [0.1, 0.15) is 39.4 Å². The van der Waals surface area contributed by atoms with E-state index in [9.17, 15) is 23.2 Å². The average Bonchev–Trinajstić information content (AvgIpc) is 3.42. The molecule has 216 valence electrons. The molecule has 2 atom stereocenters. The van der Waals surface area contributed by atoms with E-state index in [-0.39, 0.29) is 43.3 Å². The topological polar surface area (TPSA) is 105 Å². The van der Waals surface area contributed by atoms with Gasteiger partial charge in [-0.05, 0) is 58.7 Å². The molecule has 2 aliphatic rings. The summed E-state index contributed by atoms with van der Waals surface area (Å²) in [4.78, 5) is 48.6. The first-order valence-electron chi connectivity index (χ1n) is 13.3. The third kappa shape index (κ3) is 6.35. The van der Waals surface area contributed by atoms with E-state index in [4.69, 9.17) is 4.74 Å². The number of nitrogens with one attached hydrogen (secondary N) is 1. The molecule has 0 saturated heterocycles. The lowest BCUT2D eigenvalue weighted by atomic mass is 9.90. The van der Waals surface area contributed by atoms with Crippen molar-refractivity contribution in [3.05, 3.63) is 111 Å². The number of dihydropyridines is 1. The van der Waals surface area contributed by atoms with E-state index in [2.05, 4.69) is 21.4 Å². The van der Waals surface area contributed by atoms with Crippen molar-refractivity contribution in [1.82, 2.24) is 14.8 Å². The number of ether oxygens (including phenoxy) is 1. The summed E-state index contributed by atoms with van der Waals surface area (Å²) in [6, 6.07) is 11.8. The van der Waals surface area contributed by atoms with Gasteiger partial charge in [-0.25, -0.2) is 8.78 Å². The van der Waals surface area contributed by atoms with Crippen LogP contribution in [0.25, 0.3) is 0 Å². The summed E-state index contributed by atoms with van der Waals surface area (Å²) in [5, 5.41) is 2.78. The van der Waals surface area contributed by atoms with E-state index in [1.54, 1.807) is 26.2 Å². The highest BCUT2D eigenvalue weighted by molar-refractivity contribution is 5.93. The van der Waals surface area contributed by atoms with Gasteiger partial charge >= 0.3 is 0 Å². The standard InChI is InChI=1S/C31H29F2N5O4/c1-37(2)28(39)18-42-22-12-20(11-21(14-22)25-16-35-29-23(25)5-3-9-34-29)15-36-30(40)24-6-4-10-38(31(24)41)17-19-7-8-26(32)27(33)13-19/h4-14,16,25,29H,3,15,17-18H2,1-2H3,(H,36,40). The first kappa shape index (κ1) is 28.6. The van der Waals surface area contributed by atoms with E-state index >= 15 is 0 Å². The van der Waals surface area contributed by atoms with E-state index < -0.39 is 23.1 Å². The van der Waals surface area contributed by atoms with Crippen LogP contribution in [-0.2, 0) is 17.9 Å². The number of hydrogen-bond acceptors (Lipinski definition) is 6. The third-order valence-corrected chi connectivity index (χ3v) is 7.00. The van der Waals surface area contributed by atoms with Crippen molar-refractivity contribution < 1.29 is 23.1 Å². The lowest BCUT2D eigenvalue weighted by molar-refractivity contribution is -0.130. The number of carbonyl (C=O) groups excluding carboxylic acids is 2. The lowest BCUT2D eigenvalue weighted by Crippen LogP contribution is -2.32. The maximum absolute atomic E-state index is 13.6. The van der Waals surface area contributed by atoms with Gasteiger partial charge in [-0.1, -0.05) is 18.2 Å². The van der Waals surface area contributed by atoms with Crippen LogP contribution in [0.2, 0.25) is 0 Å². The fraction of sp³-hybridized carbons (Fsp3) is 0.258. The molecule has 0 saturated carbocycles. The van der Waals surface area contributed by atoms with E-state index in [1.165, 1.54) is 27.8 Å². The summed E-state index contributed by atoms with van der Waals surface area (Å²) in [7, 11) is 3.29. The second-order valence-corrected chi connectivity index (χ2v) is 10.2. The molecule has 0 spiro atoms. The van der Waals surface area contributed by atoms with Crippen molar-refractivity contribution in [2.24, 2.45) is 9.98 Å². The number of likely N-dealkylation sites (N-methyl/N-ethyl adjacent to an activating group) is 1. The number of allylic oxidation sites excluding steroid dienone is 1. The van der Waals surface area contributed by atoms with Crippen molar-refractivity contribution in [2.75, 3.05) is 20.7 Å². The Morgan fingerprint density at radius 3 is 2.69 bits per heavy atom. The lowest BCUT2D eigenvalue weighted by Gasteiger charge is -2.19. The van der Waals surface area contributed by atoms with Crippen LogP contribution in [0.3, 0.4) is 0 Å². The number of aromatic nitrogens is 1. The van der Waals surface area contributed by atoms with Crippen LogP contribution in [-0.4, -0.2) is 60.6 Å². The van der Waals surface area contributed by atoms with Gasteiger partial charge in [0.25, 0.3) is 17.4 Å². The largest absolute Gasteiger partial charge is 0.484 e. The molecule has 1 aromatic heterocycles. The minimum absolute atomic E-state index is 0.0323. The Balaban J connectivity index is 1.35. The van der Waals surface area contributed by atoms with Crippen LogP contribution in [0.15, 0.2) is 81.2 Å². The van der Waals surface area contributed by atoms with Gasteiger partial charge in [0.1, 0.15) is 11.3 Å². The second-order valence-electron chi connectivity index (χ2n) is 10.2. The number of aliphatic imine (C=N–C) groups is 2. The molecule has 2 amide bonds. The molecule has 2 aromatic carbocycles. The molecular weight excluding hydrogens is 544 g/mol. The molecule has 9 nitrogen and oxygen atoms in total. The number of amides is 2. The smallest absolute Gasteiger partial charge is 0.263 e. The van der Waals surface area contributed by atoms with Gasteiger partial charge in [-0.2, -0.15) is 0 Å². The summed E-state index contributed by atoms with van der Waals surface area (Å²) < 4.78 is 34.0. The second kappa shape index (κ2) is 12.3. The summed E-state index contributed by atoms with van der Waals surface area (Å²) >= 11 is 0. The number of rotatable bonds is 9. The Labute approximate surface area is 240 Å². The maximum Gasteiger partial charge on any atom is 0.263 e. The Kier molecular flexibility index (Phi) is 8.37. The van der Waals surface area contributed by atoms with Gasteiger partial charge < -0.3 is 19.5 Å². The van der Waals surface area contributed by atoms with Crippen LogP contribution < -0.4 is 15.6 Å². The Bertz CT molecular complexity index is 1680. The maximum atomic E-state index is 13.6. The number of fused-ring (bicyclic) bond motifs is 1. The normalized spacial score (nSPS) is 17.0. The molecule has 2 unspecified atom stereocenters. The summed E-state index contributed by atoms with van der Waals surface area (Å²) in [5.74, 6) is -2.47. The van der Waals surface area contributed by atoms with Crippen molar-refractivity contribution >= 4 is 24.2 Å². The first-order valence-corrected chi connectivity index (χ1v) is 13.3. The SMILES string of the molecule is CN(C)C(=O)COc1cc(CNC(=O)c2cccn(Cc3ccc(F)c(F)c3)c2=O)cc(C2C=NC3N=CCC=C32)c1. The molecule has 5 rings (SSSR count). The zero-order valence-corrected chi connectivity index (χ0v) is 23.1. The molecule has 3 aromatic rings. The molecule has 0 bridgehead atoms. The quantitative estimate of drug-likeness (QED) is 0.396. The molecule has 42 heavy (non-hydrogen) atoms. The van der Waals surface area contributed by atoms with Crippen molar-refractivity contribution in [3.8, 4) is 5.75 Å². The van der Waals surface area contributed by atoms with Crippen molar-refractivity contribution in [1.29, 1.82) is 0 Å². The Hall–Kier alpha value is -4.93. The van der Waals surface area contributed by atoms with Gasteiger partial charge in [0.15, 0.2) is 24.4 Å². The van der Waals surface area contributed by atoms with Gasteiger partial charge in [0.2, 0.25) is 0 Å². The van der Waals surface area contributed by atoms with Crippen molar-refractivity contribution in [2.45, 2.75) is 31.6 Å².